The normalized spacial score (nSPS) is 15.7. The maximum atomic E-state index is 15.9. The number of rotatable bonds is 3. The fourth-order valence-corrected chi connectivity index (χ4v) is 5.62. The van der Waals surface area contributed by atoms with Gasteiger partial charge in [0.25, 0.3) is 0 Å². The predicted octanol–water partition coefficient (Wildman–Crippen LogP) is 8.28. The minimum absolute atomic E-state index is 0.297. The third-order valence-corrected chi connectivity index (χ3v) is 7.46. The van der Waals surface area contributed by atoms with Crippen LogP contribution in [0.5, 0.6) is 0 Å². The van der Waals surface area contributed by atoms with Crippen molar-refractivity contribution in [3.8, 4) is 0 Å². The van der Waals surface area contributed by atoms with Gasteiger partial charge in [0, 0.05) is 0 Å². The van der Waals surface area contributed by atoms with Gasteiger partial charge in [-0.05, 0) is 47.0 Å². The first kappa shape index (κ1) is 35.2. The number of halogens is 15. The highest BCUT2D eigenvalue weighted by Crippen LogP contribution is 2.57. The standard InChI is InChI=1S/C28H7F15O6/c29-24(30,31)9-5-8(6-10(7-9)25(32,33)34)23(28(41,42)43,11-1-3-13(26(35,36)37)17-15(11)19(44)48-21(17)46)12-2-4-14(27(38,39)40)18-16(12)20(45)49-22(18)47/h1-7H. The van der Waals surface area contributed by atoms with Gasteiger partial charge in [0.1, 0.15) is 5.41 Å². The predicted molar refractivity (Wildman–Crippen MR) is 125 cm³/mol. The van der Waals surface area contributed by atoms with E-state index in [0.29, 0.717) is 0 Å². The first-order valence-corrected chi connectivity index (χ1v) is 12.5. The summed E-state index contributed by atoms with van der Waals surface area (Å²) in [6.07, 6.45) is -29.8. The van der Waals surface area contributed by atoms with Crippen molar-refractivity contribution >= 4 is 23.9 Å². The van der Waals surface area contributed by atoms with E-state index < -0.39 is 140 Å². The average Bonchev–Trinajstić information content (AvgIpc) is 3.40. The van der Waals surface area contributed by atoms with E-state index in [-0.39, 0.29) is 24.3 Å². The Labute approximate surface area is 259 Å². The van der Waals surface area contributed by atoms with Gasteiger partial charge in [-0.3, -0.25) is 0 Å². The molecule has 5 rings (SSSR count). The highest BCUT2D eigenvalue weighted by molar-refractivity contribution is 6.18. The lowest BCUT2D eigenvalue weighted by Gasteiger charge is -2.39. The van der Waals surface area contributed by atoms with Crippen LogP contribution in [0, 0.1) is 0 Å². The van der Waals surface area contributed by atoms with Crippen molar-refractivity contribution in [1.29, 1.82) is 0 Å². The third kappa shape index (κ3) is 5.34. The van der Waals surface area contributed by atoms with E-state index in [1.807, 2.05) is 0 Å². The van der Waals surface area contributed by atoms with Crippen LogP contribution in [0.4, 0.5) is 65.9 Å². The van der Waals surface area contributed by atoms with Crippen LogP contribution < -0.4 is 0 Å². The number of benzene rings is 3. The highest BCUT2D eigenvalue weighted by Gasteiger charge is 2.64. The Morgan fingerprint density at radius 1 is 0.367 bits per heavy atom. The first-order valence-electron chi connectivity index (χ1n) is 12.5. The number of fused-ring (bicyclic) bond motifs is 2. The molecule has 0 spiro atoms. The molecule has 0 N–H and O–H groups in total. The number of carbonyl (C=O) groups is 4. The molecule has 0 aliphatic carbocycles. The van der Waals surface area contributed by atoms with Gasteiger partial charge in [0.15, 0.2) is 0 Å². The molecule has 3 aromatic rings. The molecular weight excluding hydrogens is 717 g/mol. The summed E-state index contributed by atoms with van der Waals surface area (Å²) in [5, 5.41) is 0. The van der Waals surface area contributed by atoms with Crippen LogP contribution in [-0.2, 0) is 39.6 Å². The van der Waals surface area contributed by atoms with Gasteiger partial charge in [-0.2, -0.15) is 65.9 Å². The van der Waals surface area contributed by atoms with Gasteiger partial charge in [0.2, 0.25) is 0 Å². The molecule has 2 aliphatic rings. The smallest absolute Gasteiger partial charge is 0.386 e. The van der Waals surface area contributed by atoms with Crippen LogP contribution in [0.1, 0.15) is 80.4 Å². The number of carbonyl (C=O) groups excluding carboxylic acids is 4. The summed E-state index contributed by atoms with van der Waals surface area (Å²) < 4.78 is 222. The van der Waals surface area contributed by atoms with Gasteiger partial charge in [-0.15, -0.1) is 0 Å². The Morgan fingerprint density at radius 3 is 0.898 bits per heavy atom. The number of esters is 4. The van der Waals surface area contributed by atoms with Crippen LogP contribution in [0.15, 0.2) is 42.5 Å². The highest BCUT2D eigenvalue weighted by atomic mass is 19.4. The van der Waals surface area contributed by atoms with Crippen LogP contribution >= 0.6 is 0 Å². The molecule has 21 heteroatoms. The molecule has 0 unspecified atom stereocenters. The second-order valence-electron chi connectivity index (χ2n) is 10.2. The van der Waals surface area contributed by atoms with Gasteiger partial charge < -0.3 is 9.47 Å². The third-order valence-electron chi connectivity index (χ3n) is 7.46. The van der Waals surface area contributed by atoms with Gasteiger partial charge in [0.05, 0.1) is 44.5 Å². The van der Waals surface area contributed by atoms with E-state index in [4.69, 9.17) is 0 Å². The number of hydrogen-bond acceptors (Lipinski definition) is 6. The first-order chi connectivity index (χ1) is 22.1. The summed E-state index contributed by atoms with van der Waals surface area (Å²) in [6.45, 7) is 0. The van der Waals surface area contributed by atoms with Crippen molar-refractivity contribution < 1.29 is 94.5 Å². The van der Waals surface area contributed by atoms with E-state index in [9.17, 15) is 71.9 Å². The molecule has 0 saturated carbocycles. The molecule has 0 saturated heterocycles. The summed E-state index contributed by atoms with van der Waals surface area (Å²) in [5.74, 6) is -9.25. The monoisotopic (exact) mass is 724 g/mol. The molecule has 3 aromatic carbocycles. The lowest BCUT2D eigenvalue weighted by atomic mass is 9.64. The molecule has 0 radical (unpaired) electrons. The SMILES string of the molecule is O=C1OC(=O)c2c(C(c3cc(C(F)(F)F)cc(C(F)(F)F)c3)(c3ccc(C(F)(F)F)c4c3C(=O)OC4=O)C(F)(F)F)ccc(C(F)(F)F)c21. The second kappa shape index (κ2) is 10.4. The maximum Gasteiger partial charge on any atom is 0.417 e. The van der Waals surface area contributed by atoms with E-state index in [1.165, 1.54) is 0 Å². The van der Waals surface area contributed by atoms with Crippen molar-refractivity contribution in [2.75, 3.05) is 0 Å². The second-order valence-corrected chi connectivity index (χ2v) is 10.2. The Balaban J connectivity index is 2.14. The van der Waals surface area contributed by atoms with E-state index in [0.717, 1.165) is 0 Å². The molecule has 0 bridgehead atoms. The minimum atomic E-state index is -6.56. The van der Waals surface area contributed by atoms with Crippen molar-refractivity contribution in [1.82, 2.24) is 0 Å². The van der Waals surface area contributed by atoms with Crippen molar-refractivity contribution in [3.63, 3.8) is 0 Å². The maximum absolute atomic E-state index is 15.9. The Hall–Kier alpha value is -5.11. The van der Waals surface area contributed by atoms with Crippen molar-refractivity contribution in [3.05, 3.63) is 104 Å². The van der Waals surface area contributed by atoms with Gasteiger partial charge in [-0.1, -0.05) is 12.1 Å². The Kier molecular flexibility index (Phi) is 7.50. The van der Waals surface area contributed by atoms with Crippen LogP contribution in [0.2, 0.25) is 0 Å². The molecule has 0 aromatic heterocycles. The zero-order valence-corrected chi connectivity index (χ0v) is 22.7. The number of alkyl halides is 15. The van der Waals surface area contributed by atoms with Gasteiger partial charge in [-0.25, -0.2) is 19.2 Å². The molecular formula is C28H7F15O6. The Bertz CT molecular complexity index is 1850. The van der Waals surface area contributed by atoms with Crippen LogP contribution in [0.3, 0.4) is 0 Å². The zero-order chi connectivity index (χ0) is 37.0. The van der Waals surface area contributed by atoms with Crippen molar-refractivity contribution in [2.24, 2.45) is 0 Å². The topological polar surface area (TPSA) is 86.7 Å². The molecule has 6 nitrogen and oxygen atoms in total. The molecule has 2 aliphatic heterocycles. The summed E-state index contributed by atoms with van der Waals surface area (Å²) in [7, 11) is 0. The molecule has 0 atom stereocenters. The summed E-state index contributed by atoms with van der Waals surface area (Å²) >= 11 is 0. The zero-order valence-electron chi connectivity index (χ0n) is 22.7. The van der Waals surface area contributed by atoms with Crippen LogP contribution in [-0.4, -0.2) is 30.1 Å². The van der Waals surface area contributed by atoms with Gasteiger partial charge >= 0.3 is 54.8 Å². The molecule has 260 valence electrons. The molecule has 2 heterocycles. The quantitative estimate of drug-likeness (QED) is 0.117. The lowest BCUT2D eigenvalue weighted by molar-refractivity contribution is -0.168. The van der Waals surface area contributed by atoms with Crippen LogP contribution in [0.25, 0.3) is 0 Å². The minimum Gasteiger partial charge on any atom is -0.386 e. The fourth-order valence-electron chi connectivity index (χ4n) is 5.62. The number of hydrogen-bond donors (Lipinski definition) is 0. The fraction of sp³-hybridized carbons (Fsp3) is 0.214. The average molecular weight is 724 g/mol. The Morgan fingerprint density at radius 2 is 0.633 bits per heavy atom. The van der Waals surface area contributed by atoms with Crippen molar-refractivity contribution in [2.45, 2.75) is 36.3 Å². The molecule has 0 amide bonds. The summed E-state index contributed by atoms with van der Waals surface area (Å²) in [6, 6.07) is -3.19. The summed E-state index contributed by atoms with van der Waals surface area (Å²) in [4.78, 5) is 50.3. The van der Waals surface area contributed by atoms with E-state index in [1.54, 1.807) is 0 Å². The number of cyclic esters (lactones) is 4. The largest absolute Gasteiger partial charge is 0.417 e. The van der Waals surface area contributed by atoms with E-state index in [2.05, 4.69) is 9.47 Å². The number of ether oxygens (including phenoxy) is 2. The summed E-state index contributed by atoms with van der Waals surface area (Å²) in [5.41, 5.74) is -28.9. The van der Waals surface area contributed by atoms with E-state index >= 15 is 13.2 Å². The molecule has 49 heavy (non-hydrogen) atoms. The lowest BCUT2D eigenvalue weighted by Crippen LogP contribution is -2.47. The molecule has 0 fully saturated rings.